The van der Waals surface area contributed by atoms with Crippen LogP contribution in [0.5, 0.6) is 0 Å². The molecule has 94 valence electrons. The van der Waals surface area contributed by atoms with Crippen molar-refractivity contribution in [2.45, 2.75) is 52.4 Å². The summed E-state index contributed by atoms with van der Waals surface area (Å²) in [6.45, 7) is 4.65. The van der Waals surface area contributed by atoms with Crippen molar-refractivity contribution < 1.29 is 14.3 Å². The van der Waals surface area contributed by atoms with Gasteiger partial charge in [0.2, 0.25) is 0 Å². The van der Waals surface area contributed by atoms with E-state index in [1.54, 1.807) is 6.92 Å². The molecule has 16 heavy (non-hydrogen) atoms. The number of rotatable bonds is 9. The van der Waals surface area contributed by atoms with Crippen molar-refractivity contribution >= 4 is 6.16 Å². The molecule has 0 aromatic rings. The largest absolute Gasteiger partial charge is 0.508 e. The summed E-state index contributed by atoms with van der Waals surface area (Å²) in [5.74, 6) is 0. The molecule has 0 radical (unpaired) electrons. The molecule has 3 heteroatoms. The number of unbranched alkanes of at least 4 members (excludes halogenated alkanes) is 5. The summed E-state index contributed by atoms with van der Waals surface area (Å²) < 4.78 is 9.40. The Hall–Kier alpha value is -0.990. The van der Waals surface area contributed by atoms with Gasteiger partial charge in [-0.05, 0) is 19.8 Å². The molecule has 0 heterocycles. The first-order chi connectivity index (χ1) is 7.81. The lowest BCUT2D eigenvalue weighted by molar-refractivity contribution is 0.0673. The van der Waals surface area contributed by atoms with Crippen LogP contribution in [0.25, 0.3) is 0 Å². The molecule has 0 aromatic carbocycles. The average Bonchev–Trinajstić information content (AvgIpc) is 2.27. The molecule has 3 nitrogen and oxygen atoms in total. The van der Waals surface area contributed by atoms with Gasteiger partial charge in [-0.2, -0.15) is 0 Å². The Labute approximate surface area is 98.8 Å². The van der Waals surface area contributed by atoms with Crippen LogP contribution in [-0.4, -0.2) is 19.4 Å². The van der Waals surface area contributed by atoms with Gasteiger partial charge in [0, 0.05) is 0 Å². The molecule has 0 saturated carbocycles. The predicted molar refractivity (Wildman–Crippen MR) is 65.5 cm³/mol. The van der Waals surface area contributed by atoms with Crippen molar-refractivity contribution in [3.05, 3.63) is 12.2 Å². The van der Waals surface area contributed by atoms with Gasteiger partial charge < -0.3 is 9.47 Å². The number of allylic oxidation sites excluding steroid dienone is 1. The molecule has 0 fully saturated rings. The van der Waals surface area contributed by atoms with Crippen LogP contribution in [0.4, 0.5) is 4.79 Å². The summed E-state index contributed by atoms with van der Waals surface area (Å²) in [5, 5.41) is 0. The zero-order valence-corrected chi connectivity index (χ0v) is 10.5. The fraction of sp³-hybridized carbons (Fsp3) is 0.769. The lowest BCUT2D eigenvalue weighted by Crippen LogP contribution is -2.06. The minimum absolute atomic E-state index is 0.313. The summed E-state index contributed by atoms with van der Waals surface area (Å²) in [6, 6.07) is 0. The minimum atomic E-state index is -0.588. The first-order valence-electron chi connectivity index (χ1n) is 6.25. The lowest BCUT2D eigenvalue weighted by Gasteiger charge is -2.00. The van der Waals surface area contributed by atoms with Gasteiger partial charge >= 0.3 is 6.16 Å². The first-order valence-corrected chi connectivity index (χ1v) is 6.25. The van der Waals surface area contributed by atoms with E-state index in [0.29, 0.717) is 13.2 Å². The molecule has 0 aliphatic heterocycles. The van der Waals surface area contributed by atoms with Gasteiger partial charge in [-0.3, -0.25) is 0 Å². The highest BCUT2D eigenvalue weighted by Gasteiger charge is 1.97. The fourth-order valence-corrected chi connectivity index (χ4v) is 1.33. The van der Waals surface area contributed by atoms with Gasteiger partial charge in [0.05, 0.1) is 6.61 Å². The van der Waals surface area contributed by atoms with E-state index in [1.807, 2.05) is 6.08 Å². The summed E-state index contributed by atoms with van der Waals surface area (Å²) in [4.78, 5) is 10.8. The molecular weight excluding hydrogens is 204 g/mol. The lowest BCUT2D eigenvalue weighted by atomic mass is 10.1. The zero-order chi connectivity index (χ0) is 12.1. The number of hydrogen-bond acceptors (Lipinski definition) is 3. The zero-order valence-electron chi connectivity index (χ0n) is 10.5. The first kappa shape index (κ1) is 15.0. The van der Waals surface area contributed by atoms with Crippen molar-refractivity contribution in [1.82, 2.24) is 0 Å². The van der Waals surface area contributed by atoms with E-state index in [-0.39, 0.29) is 0 Å². The summed E-state index contributed by atoms with van der Waals surface area (Å²) in [6.07, 6.45) is 10.8. The second-order valence-corrected chi connectivity index (χ2v) is 3.67. The van der Waals surface area contributed by atoms with E-state index >= 15 is 0 Å². The maximum absolute atomic E-state index is 10.8. The van der Waals surface area contributed by atoms with Crippen molar-refractivity contribution in [3.8, 4) is 0 Å². The van der Waals surface area contributed by atoms with Crippen LogP contribution in [0.3, 0.4) is 0 Å². The molecule has 0 saturated heterocycles. The Morgan fingerprint density at radius 3 is 2.44 bits per heavy atom. The topological polar surface area (TPSA) is 35.5 Å². The molecule has 0 rings (SSSR count). The van der Waals surface area contributed by atoms with Crippen molar-refractivity contribution in [3.63, 3.8) is 0 Å². The highest BCUT2D eigenvalue weighted by Crippen LogP contribution is 2.05. The van der Waals surface area contributed by atoms with Crippen LogP contribution in [-0.2, 0) is 9.47 Å². The highest BCUT2D eigenvalue weighted by atomic mass is 16.7. The fourth-order valence-electron chi connectivity index (χ4n) is 1.33. The van der Waals surface area contributed by atoms with E-state index in [4.69, 9.17) is 4.74 Å². The third-order valence-electron chi connectivity index (χ3n) is 2.20. The summed E-state index contributed by atoms with van der Waals surface area (Å²) >= 11 is 0. The van der Waals surface area contributed by atoms with E-state index in [1.165, 1.54) is 32.1 Å². The third-order valence-corrected chi connectivity index (χ3v) is 2.20. The summed E-state index contributed by atoms with van der Waals surface area (Å²) in [7, 11) is 0. The van der Waals surface area contributed by atoms with E-state index in [9.17, 15) is 4.79 Å². The molecule has 0 atom stereocenters. The molecular formula is C13H24O3. The van der Waals surface area contributed by atoms with Crippen molar-refractivity contribution in [2.75, 3.05) is 13.2 Å². The van der Waals surface area contributed by atoms with E-state index in [2.05, 4.69) is 17.7 Å². The standard InChI is InChI=1S/C13H24O3/c1-3-5-6-7-8-9-10-11-12-16-13(14)15-4-2/h10-11H,3-9,12H2,1-2H3/b11-10+. The van der Waals surface area contributed by atoms with Gasteiger partial charge in [-0.15, -0.1) is 0 Å². The van der Waals surface area contributed by atoms with Gasteiger partial charge in [0.25, 0.3) is 0 Å². The Bertz CT molecular complexity index is 188. The predicted octanol–water partition coefficient (Wildman–Crippen LogP) is 4.08. The second-order valence-electron chi connectivity index (χ2n) is 3.67. The Morgan fingerprint density at radius 1 is 1.00 bits per heavy atom. The van der Waals surface area contributed by atoms with Crippen molar-refractivity contribution in [1.29, 1.82) is 0 Å². The summed E-state index contributed by atoms with van der Waals surface area (Å²) in [5.41, 5.74) is 0. The maximum Gasteiger partial charge on any atom is 0.508 e. The molecule has 0 aliphatic rings. The molecule has 0 aliphatic carbocycles. The molecule has 0 spiro atoms. The molecule has 0 N–H and O–H groups in total. The third kappa shape index (κ3) is 11.1. The number of carbonyl (C=O) groups is 1. The van der Waals surface area contributed by atoms with E-state index in [0.717, 1.165) is 6.42 Å². The highest BCUT2D eigenvalue weighted by molar-refractivity contribution is 5.59. The maximum atomic E-state index is 10.8. The Kier molecular flexibility index (Phi) is 11.3. The van der Waals surface area contributed by atoms with Crippen LogP contribution in [0, 0.1) is 0 Å². The normalized spacial score (nSPS) is 10.6. The smallest absolute Gasteiger partial charge is 0.435 e. The SMILES string of the molecule is CCCCCCC/C=C/COC(=O)OCC. The minimum Gasteiger partial charge on any atom is -0.435 e. The molecule has 0 bridgehead atoms. The monoisotopic (exact) mass is 228 g/mol. The van der Waals surface area contributed by atoms with Gasteiger partial charge in [0.15, 0.2) is 0 Å². The Balaban J connectivity index is 3.18. The second kappa shape index (κ2) is 12.1. The number of hydrogen-bond donors (Lipinski definition) is 0. The van der Waals surface area contributed by atoms with Crippen LogP contribution >= 0.6 is 0 Å². The van der Waals surface area contributed by atoms with Crippen LogP contribution < -0.4 is 0 Å². The van der Waals surface area contributed by atoms with Gasteiger partial charge in [-0.25, -0.2) is 4.79 Å². The van der Waals surface area contributed by atoms with Crippen molar-refractivity contribution in [2.24, 2.45) is 0 Å². The number of carbonyl (C=O) groups excluding carboxylic acids is 1. The molecule has 0 unspecified atom stereocenters. The molecule has 0 aromatic heterocycles. The Morgan fingerprint density at radius 2 is 1.75 bits per heavy atom. The number of ether oxygens (including phenoxy) is 2. The van der Waals surface area contributed by atoms with Gasteiger partial charge in [0.1, 0.15) is 6.61 Å². The van der Waals surface area contributed by atoms with Crippen LogP contribution in [0.1, 0.15) is 52.4 Å². The van der Waals surface area contributed by atoms with E-state index < -0.39 is 6.16 Å². The average molecular weight is 228 g/mol. The van der Waals surface area contributed by atoms with Crippen LogP contribution in [0.2, 0.25) is 0 Å². The van der Waals surface area contributed by atoms with Gasteiger partial charge in [-0.1, -0.05) is 44.8 Å². The molecule has 0 amide bonds. The quantitative estimate of drug-likeness (QED) is 0.339. The van der Waals surface area contributed by atoms with Crippen LogP contribution in [0.15, 0.2) is 12.2 Å².